The van der Waals surface area contributed by atoms with Crippen LogP contribution in [0.1, 0.15) is 5.56 Å². The van der Waals surface area contributed by atoms with Gasteiger partial charge < -0.3 is 10.5 Å². The highest BCUT2D eigenvalue weighted by molar-refractivity contribution is 9.10. The topological polar surface area (TPSA) is 47.6 Å². The van der Waals surface area contributed by atoms with Crippen molar-refractivity contribution < 1.29 is 4.74 Å². The van der Waals surface area contributed by atoms with Gasteiger partial charge in [-0.3, -0.25) is 0 Å². The first-order valence-electron chi connectivity index (χ1n) is 4.92. The molecular weight excluding hydrogens is 256 g/mol. The van der Waals surface area contributed by atoms with E-state index in [1.807, 2.05) is 12.1 Å². The zero-order chi connectivity index (χ0) is 10.7. The van der Waals surface area contributed by atoms with Crippen molar-refractivity contribution in [1.82, 2.24) is 0 Å². The van der Waals surface area contributed by atoms with Crippen molar-refractivity contribution in [3.8, 4) is 0 Å². The van der Waals surface area contributed by atoms with Gasteiger partial charge in [0.25, 0.3) is 0 Å². The molecule has 1 aliphatic heterocycles. The van der Waals surface area contributed by atoms with E-state index < -0.39 is 0 Å². The molecule has 2 rings (SSSR count). The Balaban J connectivity index is 2.00. The lowest BCUT2D eigenvalue weighted by Gasteiger charge is -2.01. The summed E-state index contributed by atoms with van der Waals surface area (Å²) in [5, 5.41) is 0. The van der Waals surface area contributed by atoms with Crippen LogP contribution in [0.2, 0.25) is 0 Å². The molecule has 1 unspecified atom stereocenters. The Kier molecular flexibility index (Phi) is 3.38. The van der Waals surface area contributed by atoms with Crippen LogP contribution in [0.3, 0.4) is 0 Å². The number of hydrogen-bond donors (Lipinski definition) is 1. The van der Waals surface area contributed by atoms with E-state index in [1.54, 1.807) is 0 Å². The average Bonchev–Trinajstić information content (AvgIpc) is 2.69. The smallest absolute Gasteiger partial charge is 0.188 e. The molecule has 0 spiro atoms. The predicted molar refractivity (Wildman–Crippen MR) is 64.1 cm³/mol. The molecule has 80 valence electrons. The number of rotatable bonds is 3. The Labute approximate surface area is 97.5 Å². The van der Waals surface area contributed by atoms with Gasteiger partial charge in [-0.25, -0.2) is 4.99 Å². The summed E-state index contributed by atoms with van der Waals surface area (Å²) in [6.45, 7) is 1.19. The fourth-order valence-electron chi connectivity index (χ4n) is 1.46. The Bertz CT molecular complexity index is 361. The maximum Gasteiger partial charge on any atom is 0.188 e. The van der Waals surface area contributed by atoms with Crippen LogP contribution < -0.4 is 5.73 Å². The minimum absolute atomic E-state index is 0.149. The molecule has 1 atom stereocenters. The van der Waals surface area contributed by atoms with Crippen molar-refractivity contribution in [2.24, 2.45) is 10.7 Å². The summed E-state index contributed by atoms with van der Waals surface area (Å²) in [7, 11) is 0. The summed E-state index contributed by atoms with van der Waals surface area (Å²) in [4.78, 5) is 4.38. The Morgan fingerprint density at radius 1 is 1.40 bits per heavy atom. The quantitative estimate of drug-likeness (QED) is 0.908. The summed E-state index contributed by atoms with van der Waals surface area (Å²) < 4.78 is 6.53. The number of nitrogens with zero attached hydrogens (tertiary/aromatic N) is 1. The minimum Gasteiger partial charge on any atom is -0.478 e. The van der Waals surface area contributed by atoms with E-state index in [0.29, 0.717) is 13.2 Å². The van der Waals surface area contributed by atoms with Crippen molar-refractivity contribution in [1.29, 1.82) is 0 Å². The van der Waals surface area contributed by atoms with Gasteiger partial charge in [-0.15, -0.1) is 0 Å². The van der Waals surface area contributed by atoms with E-state index >= 15 is 0 Å². The van der Waals surface area contributed by atoms with Gasteiger partial charge in [-0.1, -0.05) is 28.1 Å². The van der Waals surface area contributed by atoms with Crippen molar-refractivity contribution in [2.45, 2.75) is 12.5 Å². The molecule has 4 heteroatoms. The van der Waals surface area contributed by atoms with E-state index in [9.17, 15) is 0 Å². The van der Waals surface area contributed by atoms with E-state index in [0.717, 1.165) is 16.8 Å². The maximum absolute atomic E-state index is 5.52. The number of aliphatic imine (C=N–C) groups is 1. The number of hydrogen-bond acceptors (Lipinski definition) is 3. The SMILES string of the molecule is NCC1COC(Cc2ccc(Br)cc2)=N1. The molecule has 1 heterocycles. The molecular formula is C11H13BrN2O. The van der Waals surface area contributed by atoms with E-state index in [1.165, 1.54) is 5.56 Å². The maximum atomic E-state index is 5.52. The zero-order valence-electron chi connectivity index (χ0n) is 8.32. The van der Waals surface area contributed by atoms with Crippen LogP contribution in [-0.2, 0) is 11.2 Å². The average molecular weight is 269 g/mol. The van der Waals surface area contributed by atoms with Crippen molar-refractivity contribution in [3.63, 3.8) is 0 Å². The van der Waals surface area contributed by atoms with Crippen LogP contribution >= 0.6 is 15.9 Å². The van der Waals surface area contributed by atoms with Crippen molar-refractivity contribution in [3.05, 3.63) is 34.3 Å². The van der Waals surface area contributed by atoms with Crippen molar-refractivity contribution in [2.75, 3.05) is 13.2 Å². The first kappa shape index (κ1) is 10.6. The van der Waals surface area contributed by atoms with Gasteiger partial charge >= 0.3 is 0 Å². The molecule has 0 aromatic heterocycles. The standard InChI is InChI=1S/C11H13BrN2O/c12-9-3-1-8(2-4-9)5-11-14-10(6-13)7-15-11/h1-4,10H,5-7,13H2. The molecule has 3 nitrogen and oxygen atoms in total. The first-order chi connectivity index (χ1) is 7.28. The van der Waals surface area contributed by atoms with Crippen LogP contribution in [0.5, 0.6) is 0 Å². The summed E-state index contributed by atoms with van der Waals surface area (Å²) in [5.74, 6) is 0.799. The molecule has 15 heavy (non-hydrogen) atoms. The second-order valence-corrected chi connectivity index (χ2v) is 4.44. The lowest BCUT2D eigenvalue weighted by atomic mass is 10.1. The monoisotopic (exact) mass is 268 g/mol. The lowest BCUT2D eigenvalue weighted by molar-refractivity contribution is 0.313. The van der Waals surface area contributed by atoms with Crippen LogP contribution in [0.25, 0.3) is 0 Å². The highest BCUT2D eigenvalue weighted by Gasteiger charge is 2.16. The fourth-order valence-corrected chi connectivity index (χ4v) is 1.73. The van der Waals surface area contributed by atoms with Crippen LogP contribution in [0.4, 0.5) is 0 Å². The fraction of sp³-hybridized carbons (Fsp3) is 0.364. The molecule has 0 fully saturated rings. The largest absolute Gasteiger partial charge is 0.478 e. The molecule has 0 amide bonds. The zero-order valence-corrected chi connectivity index (χ0v) is 9.90. The van der Waals surface area contributed by atoms with Gasteiger partial charge in [0, 0.05) is 17.4 Å². The van der Waals surface area contributed by atoms with Crippen LogP contribution in [-0.4, -0.2) is 25.1 Å². The number of ether oxygens (including phenoxy) is 1. The molecule has 2 N–H and O–H groups in total. The van der Waals surface area contributed by atoms with Gasteiger partial charge in [0.05, 0.1) is 6.04 Å². The van der Waals surface area contributed by atoms with E-state index in [4.69, 9.17) is 10.5 Å². The van der Waals surface area contributed by atoms with Gasteiger partial charge in [-0.05, 0) is 17.7 Å². The number of benzene rings is 1. The molecule has 0 saturated carbocycles. The summed E-state index contributed by atoms with van der Waals surface area (Å²) in [6.07, 6.45) is 0.754. The number of halogens is 1. The Hall–Kier alpha value is -0.870. The molecule has 1 aromatic rings. The predicted octanol–water partition coefficient (Wildman–Crippen LogP) is 1.75. The molecule has 1 aliphatic rings. The minimum atomic E-state index is 0.149. The van der Waals surface area contributed by atoms with Crippen molar-refractivity contribution >= 4 is 21.8 Å². The van der Waals surface area contributed by atoms with Gasteiger partial charge in [-0.2, -0.15) is 0 Å². The molecule has 0 bridgehead atoms. The molecule has 0 saturated heterocycles. The summed E-state index contributed by atoms with van der Waals surface area (Å²) in [6, 6.07) is 8.31. The first-order valence-corrected chi connectivity index (χ1v) is 5.71. The third kappa shape index (κ3) is 2.79. The van der Waals surface area contributed by atoms with Gasteiger partial charge in [0.15, 0.2) is 5.90 Å². The Morgan fingerprint density at radius 3 is 2.73 bits per heavy atom. The Morgan fingerprint density at radius 2 is 2.13 bits per heavy atom. The van der Waals surface area contributed by atoms with Gasteiger partial charge in [0.2, 0.25) is 0 Å². The molecule has 0 aliphatic carbocycles. The highest BCUT2D eigenvalue weighted by Crippen LogP contribution is 2.13. The molecule has 0 radical (unpaired) electrons. The van der Waals surface area contributed by atoms with E-state index in [2.05, 4.69) is 33.1 Å². The molecule has 1 aromatic carbocycles. The highest BCUT2D eigenvalue weighted by atomic mass is 79.9. The normalized spacial score (nSPS) is 19.9. The lowest BCUT2D eigenvalue weighted by Crippen LogP contribution is -2.18. The van der Waals surface area contributed by atoms with Crippen LogP contribution in [0, 0.1) is 0 Å². The second-order valence-electron chi connectivity index (χ2n) is 3.53. The third-order valence-corrected chi connectivity index (χ3v) is 2.84. The van der Waals surface area contributed by atoms with E-state index in [-0.39, 0.29) is 6.04 Å². The third-order valence-electron chi connectivity index (χ3n) is 2.31. The summed E-state index contributed by atoms with van der Waals surface area (Å²) in [5.41, 5.74) is 6.72. The summed E-state index contributed by atoms with van der Waals surface area (Å²) >= 11 is 3.40. The van der Waals surface area contributed by atoms with Gasteiger partial charge in [0.1, 0.15) is 6.61 Å². The number of nitrogens with two attached hydrogens (primary N) is 1. The van der Waals surface area contributed by atoms with Crippen LogP contribution in [0.15, 0.2) is 33.7 Å². The second kappa shape index (κ2) is 4.77.